The average Bonchev–Trinajstić information content (AvgIpc) is 3.33. The molecule has 180 valence electrons. The van der Waals surface area contributed by atoms with Crippen LogP contribution in [0.4, 0.5) is 10.9 Å². The van der Waals surface area contributed by atoms with Crippen LogP contribution < -0.4 is 11.1 Å². The molecular weight excluding hydrogens is 466 g/mol. The van der Waals surface area contributed by atoms with Gasteiger partial charge in [-0.15, -0.1) is 21.5 Å². The van der Waals surface area contributed by atoms with Crippen molar-refractivity contribution in [1.29, 1.82) is 0 Å². The number of rotatable bonds is 10. The Balaban J connectivity index is 1.86. The fourth-order valence-corrected chi connectivity index (χ4v) is 5.83. The SMILES string of the molecule is CCOC(=O)CSc1nnc(N)n1C(CC)C(=O)Nc1sc2c(c1C(=O)OCC)CCCC2. The summed E-state index contributed by atoms with van der Waals surface area (Å²) in [6.07, 6.45) is 4.13. The van der Waals surface area contributed by atoms with Gasteiger partial charge in [-0.25, -0.2) is 4.79 Å². The van der Waals surface area contributed by atoms with Gasteiger partial charge in [0.1, 0.15) is 11.0 Å². The summed E-state index contributed by atoms with van der Waals surface area (Å²) < 4.78 is 11.7. The lowest BCUT2D eigenvalue weighted by Gasteiger charge is -2.19. The maximum absolute atomic E-state index is 13.3. The molecular formula is C21H29N5O5S2. The van der Waals surface area contributed by atoms with Crippen molar-refractivity contribution in [2.24, 2.45) is 0 Å². The number of aromatic nitrogens is 3. The summed E-state index contributed by atoms with van der Waals surface area (Å²) in [6, 6.07) is -0.723. The number of esters is 2. The predicted molar refractivity (Wildman–Crippen MR) is 127 cm³/mol. The number of thioether (sulfide) groups is 1. The van der Waals surface area contributed by atoms with E-state index in [1.165, 1.54) is 15.9 Å². The van der Waals surface area contributed by atoms with E-state index >= 15 is 0 Å². The zero-order chi connectivity index (χ0) is 24.0. The van der Waals surface area contributed by atoms with Gasteiger partial charge >= 0.3 is 11.9 Å². The molecule has 2 aromatic rings. The first-order valence-corrected chi connectivity index (χ1v) is 12.8. The lowest BCUT2D eigenvalue weighted by atomic mass is 9.95. The van der Waals surface area contributed by atoms with Gasteiger partial charge in [-0.1, -0.05) is 18.7 Å². The maximum atomic E-state index is 13.3. The average molecular weight is 496 g/mol. The van der Waals surface area contributed by atoms with Crippen LogP contribution >= 0.6 is 23.1 Å². The van der Waals surface area contributed by atoms with Gasteiger partial charge in [0.25, 0.3) is 0 Å². The first-order valence-electron chi connectivity index (χ1n) is 11.0. The van der Waals surface area contributed by atoms with Crippen molar-refractivity contribution in [3.8, 4) is 0 Å². The molecule has 2 heterocycles. The smallest absolute Gasteiger partial charge is 0.341 e. The van der Waals surface area contributed by atoms with Crippen LogP contribution in [0.5, 0.6) is 0 Å². The number of ether oxygens (including phenoxy) is 2. The molecule has 0 radical (unpaired) electrons. The molecule has 33 heavy (non-hydrogen) atoms. The second kappa shape index (κ2) is 11.5. The number of nitrogens with zero attached hydrogens (tertiary/aromatic N) is 3. The third-order valence-corrected chi connectivity index (χ3v) is 7.33. The molecule has 1 amide bonds. The minimum Gasteiger partial charge on any atom is -0.465 e. The van der Waals surface area contributed by atoms with Crippen molar-refractivity contribution in [3.63, 3.8) is 0 Å². The number of hydrogen-bond donors (Lipinski definition) is 2. The Kier molecular flexibility index (Phi) is 8.73. The fraction of sp³-hybridized carbons (Fsp3) is 0.571. The molecule has 0 aromatic carbocycles. The van der Waals surface area contributed by atoms with E-state index in [2.05, 4.69) is 15.5 Å². The Hall–Kier alpha value is -2.60. The van der Waals surface area contributed by atoms with Crippen LogP contribution in [0.2, 0.25) is 0 Å². The number of fused-ring (bicyclic) bond motifs is 1. The number of nitrogens with one attached hydrogen (secondary N) is 1. The Morgan fingerprint density at radius 3 is 2.58 bits per heavy atom. The standard InChI is InChI=1S/C21H29N5O5S2/c1-4-13(26-20(22)24-25-21(26)32-11-15(27)30-5-2)17(28)23-18-16(19(29)31-6-3)12-9-7-8-10-14(12)33-18/h13H,4-11H2,1-3H3,(H2,22,24)(H,23,28). The molecule has 1 atom stereocenters. The number of thiophene rings is 1. The summed E-state index contributed by atoms with van der Waals surface area (Å²) in [5, 5.41) is 11.7. The molecule has 0 saturated carbocycles. The van der Waals surface area contributed by atoms with Crippen LogP contribution in [0.3, 0.4) is 0 Å². The monoisotopic (exact) mass is 495 g/mol. The highest BCUT2D eigenvalue weighted by Crippen LogP contribution is 2.39. The van der Waals surface area contributed by atoms with E-state index < -0.39 is 18.0 Å². The summed E-state index contributed by atoms with van der Waals surface area (Å²) in [5.41, 5.74) is 7.45. The van der Waals surface area contributed by atoms with E-state index in [4.69, 9.17) is 15.2 Å². The summed E-state index contributed by atoms with van der Waals surface area (Å²) in [5.74, 6) is -1.06. The van der Waals surface area contributed by atoms with Gasteiger partial charge in [-0.3, -0.25) is 14.2 Å². The van der Waals surface area contributed by atoms with E-state index in [9.17, 15) is 14.4 Å². The van der Waals surface area contributed by atoms with Crippen LogP contribution in [0.15, 0.2) is 5.16 Å². The fourth-order valence-electron chi connectivity index (χ4n) is 3.76. The van der Waals surface area contributed by atoms with Crippen molar-refractivity contribution < 1.29 is 23.9 Å². The number of hydrogen-bond acceptors (Lipinski definition) is 10. The molecule has 3 rings (SSSR count). The van der Waals surface area contributed by atoms with Crippen molar-refractivity contribution in [3.05, 3.63) is 16.0 Å². The molecule has 0 aliphatic heterocycles. The van der Waals surface area contributed by atoms with E-state index in [-0.39, 0.29) is 30.8 Å². The first kappa shape index (κ1) is 25.0. The Bertz CT molecular complexity index is 1020. The van der Waals surface area contributed by atoms with Crippen LogP contribution in [-0.4, -0.2) is 51.6 Å². The van der Waals surface area contributed by atoms with Crippen LogP contribution in [0.25, 0.3) is 0 Å². The Labute approximate surface area is 200 Å². The van der Waals surface area contributed by atoms with Crippen LogP contribution in [0, 0.1) is 0 Å². The lowest BCUT2D eigenvalue weighted by Crippen LogP contribution is -2.27. The molecule has 12 heteroatoms. The number of aryl methyl sites for hydroxylation is 1. The Morgan fingerprint density at radius 2 is 1.88 bits per heavy atom. The van der Waals surface area contributed by atoms with E-state index in [1.807, 2.05) is 6.92 Å². The summed E-state index contributed by atoms with van der Waals surface area (Å²) >= 11 is 2.53. The first-order chi connectivity index (χ1) is 15.9. The number of amides is 1. The van der Waals surface area contributed by atoms with Crippen LogP contribution in [-0.2, 0) is 31.9 Å². The van der Waals surface area contributed by atoms with Crippen molar-refractivity contribution in [2.75, 3.05) is 30.0 Å². The van der Waals surface area contributed by atoms with Crippen molar-refractivity contribution in [2.45, 2.75) is 64.1 Å². The van der Waals surface area contributed by atoms with Gasteiger partial charge in [-0.2, -0.15) is 0 Å². The van der Waals surface area contributed by atoms with Gasteiger partial charge in [-0.05, 0) is 51.5 Å². The molecule has 0 fully saturated rings. The second-order valence-electron chi connectivity index (χ2n) is 7.35. The quantitative estimate of drug-likeness (QED) is 0.376. The molecule has 1 aliphatic carbocycles. The van der Waals surface area contributed by atoms with Gasteiger partial charge in [0.15, 0.2) is 5.16 Å². The number of carbonyl (C=O) groups excluding carboxylic acids is 3. The van der Waals surface area contributed by atoms with Gasteiger partial charge in [0, 0.05) is 4.88 Å². The zero-order valence-electron chi connectivity index (χ0n) is 19.0. The summed E-state index contributed by atoms with van der Waals surface area (Å²) in [7, 11) is 0. The molecule has 1 unspecified atom stereocenters. The minimum absolute atomic E-state index is 0.0225. The predicted octanol–water partition coefficient (Wildman–Crippen LogP) is 3.22. The molecule has 0 saturated heterocycles. The molecule has 10 nitrogen and oxygen atoms in total. The highest BCUT2D eigenvalue weighted by molar-refractivity contribution is 7.99. The van der Waals surface area contributed by atoms with Crippen LogP contribution in [0.1, 0.15) is 66.9 Å². The third-order valence-electron chi connectivity index (χ3n) is 5.20. The van der Waals surface area contributed by atoms with Gasteiger partial charge < -0.3 is 20.5 Å². The topological polar surface area (TPSA) is 138 Å². The number of nitrogens with two attached hydrogens (primary N) is 1. The molecule has 3 N–H and O–H groups in total. The minimum atomic E-state index is -0.723. The molecule has 0 bridgehead atoms. The number of anilines is 2. The zero-order valence-corrected chi connectivity index (χ0v) is 20.6. The summed E-state index contributed by atoms with van der Waals surface area (Å²) in [4.78, 5) is 38.9. The second-order valence-corrected chi connectivity index (χ2v) is 9.40. The van der Waals surface area contributed by atoms with E-state index in [1.54, 1.807) is 13.8 Å². The molecule has 2 aromatic heterocycles. The van der Waals surface area contributed by atoms with E-state index in [0.717, 1.165) is 47.9 Å². The normalized spacial score (nSPS) is 13.8. The summed E-state index contributed by atoms with van der Waals surface area (Å²) in [6.45, 7) is 5.86. The third kappa shape index (κ3) is 5.67. The van der Waals surface area contributed by atoms with Gasteiger partial charge in [0.2, 0.25) is 11.9 Å². The van der Waals surface area contributed by atoms with E-state index in [0.29, 0.717) is 22.1 Å². The van der Waals surface area contributed by atoms with Crippen molar-refractivity contribution in [1.82, 2.24) is 14.8 Å². The number of carbonyl (C=O) groups is 3. The van der Waals surface area contributed by atoms with Gasteiger partial charge in [0.05, 0.1) is 24.5 Å². The maximum Gasteiger partial charge on any atom is 0.341 e. The largest absolute Gasteiger partial charge is 0.465 e. The lowest BCUT2D eigenvalue weighted by molar-refractivity contribution is -0.139. The molecule has 0 spiro atoms. The highest BCUT2D eigenvalue weighted by Gasteiger charge is 2.30. The highest BCUT2D eigenvalue weighted by atomic mass is 32.2. The Morgan fingerprint density at radius 1 is 1.15 bits per heavy atom. The number of nitrogen functional groups attached to an aromatic ring is 1. The van der Waals surface area contributed by atoms with Crippen molar-refractivity contribution >= 4 is 51.9 Å². The molecule has 1 aliphatic rings.